The molecular weight excluding hydrogens is 1900 g/mol. The van der Waals surface area contributed by atoms with Crippen LogP contribution in [0.5, 0.6) is 0 Å². The van der Waals surface area contributed by atoms with Gasteiger partial charge in [0.25, 0.3) is 0 Å². The lowest BCUT2D eigenvalue weighted by Gasteiger charge is -2.31. The minimum absolute atomic E-state index is 0.000147. The van der Waals surface area contributed by atoms with Gasteiger partial charge in [-0.25, -0.2) is 19.7 Å². The van der Waals surface area contributed by atoms with E-state index < -0.39 is 45.5 Å². The summed E-state index contributed by atoms with van der Waals surface area (Å²) in [6, 6.07) is 16.8. The Hall–Kier alpha value is -8.98. The summed E-state index contributed by atoms with van der Waals surface area (Å²) in [6.45, 7) is 99.9. The fraction of sp³-hybridized carbons (Fsp3) is 0.710. The first-order chi connectivity index (χ1) is 67.2. The summed E-state index contributed by atoms with van der Waals surface area (Å²) >= 11 is 1.33. The van der Waals surface area contributed by atoms with Gasteiger partial charge in [-0.3, -0.25) is 38.4 Å². The maximum atomic E-state index is 12.6. The van der Waals surface area contributed by atoms with Gasteiger partial charge in [0.1, 0.15) is 17.8 Å². The molecule has 0 bridgehead atoms. The molecule has 26 heteroatoms. The number of ketones is 7. The predicted molar refractivity (Wildman–Crippen MR) is 624 cm³/mol. The summed E-state index contributed by atoms with van der Waals surface area (Å²) in [5.74, 6) is 4.73. The van der Waals surface area contributed by atoms with Gasteiger partial charge in [0.2, 0.25) is 17.5 Å². The molecule has 6 aromatic heterocycles. The number of aromatic amines is 2. The molecule has 0 fully saturated rings. The van der Waals surface area contributed by atoms with Crippen LogP contribution in [0.1, 0.15) is 467 Å². The third-order valence-electron chi connectivity index (χ3n) is 22.7. The standard InChI is InChI=1S/C21H27N3O.C20H26N4O.C18H35NO3.C17H34O2.C13H21NO2.C13H21NOS.C13H26O2.C9H20N2O/c1-13(2)9-14-10-18(24(6)12-14)20-22-16-8-7-15(11-17(16)23-20)19(25)21(3,4)5;1-12(2)9-14-11-24(6)19(21-14)18-22-15-8-7-13(10-16(15)23-18)17(25)20(3,4)5;1-16(2,3)12-10-11-13(14(20)17(4,5)6)19-15(21)22-18(7,8)9;1-15(2,3)12-10-11-13(19-17(7,8)9)14(18)16(4,5)6;2*1-12(2,3)8-9-7-10(16-14-9)11(15)13(4,5)6;1-12(2,3)9-7-8-10(14)11(15)13(4,5)6;1-9(2,3)10-8(12)6-7-11(4)5/h7-8,10-13H,9H2,1-6H3,(H,22,23);7-8,10-12H,9H2,1-6H3,(H,22,23);13H,10-12H2,1-9H3,(H,19,21);13H,10-12H2,1-9H3;2*7H,8H2,1-6H3;10,14H,7-9H2,1-6H3;6-7H2,1-5H3,(H,10,12). The SMILES string of the molecule is CC(C)(C)CCCC(NC(=O)OC(C)(C)C)C(=O)C(C)(C)C.CC(C)(C)CCCC(O)C(=O)C(C)(C)C.CC(C)(C)CCCC(OC(C)(C)C)C(=O)C(C)(C)C.CC(C)(C)Cc1cc(C(=O)C(C)(C)C)on1.CC(C)(C)Cc1cc(C(=O)C(C)(C)C)sn1.CC(C)Cc1cc(-c2nc3ccc(C(=O)C(C)(C)C)cc3[nH]2)n(C)c1.CC(C)Cc1cn(C)c(-c2nc3ccc(C(=O)C(C)(C)C)cc3[nH]2)n1.CN(C)CCC(=O)NC(C)(C)C. The minimum Gasteiger partial charge on any atom is -0.444 e. The molecule has 150 heavy (non-hydrogen) atoms. The number of carbonyl (C=O) groups excluding carboxylic acids is 9. The molecule has 3 unspecified atom stereocenters. The van der Waals surface area contributed by atoms with E-state index in [-0.39, 0.29) is 102 Å². The van der Waals surface area contributed by atoms with Crippen LogP contribution >= 0.6 is 11.5 Å². The van der Waals surface area contributed by atoms with Crippen LogP contribution in [0.4, 0.5) is 4.79 Å². The van der Waals surface area contributed by atoms with Gasteiger partial charge in [-0.05, 0) is 258 Å². The molecule has 0 aliphatic carbocycles. The molecule has 2 amide bonds. The molecular formula is C124H210N12O13S. The van der Waals surface area contributed by atoms with E-state index in [9.17, 15) is 48.3 Å². The number of amides is 2. The molecule has 0 aliphatic heterocycles. The van der Waals surface area contributed by atoms with E-state index in [2.05, 4.69) is 190 Å². The molecule has 0 radical (unpaired) electrons. The summed E-state index contributed by atoms with van der Waals surface area (Å²) in [6.07, 6.45) is 15.0. The highest BCUT2D eigenvalue weighted by Gasteiger charge is 2.37. The van der Waals surface area contributed by atoms with Crippen molar-refractivity contribution >= 4 is 86.1 Å². The first kappa shape index (κ1) is 139. The highest BCUT2D eigenvalue weighted by atomic mass is 32.1. The first-order valence-electron chi connectivity index (χ1n) is 54.4. The van der Waals surface area contributed by atoms with Crippen LogP contribution in [-0.2, 0) is 68.4 Å². The highest BCUT2D eigenvalue weighted by molar-refractivity contribution is 7.08. The number of H-pyrrole nitrogens is 2. The fourth-order valence-electron chi connectivity index (χ4n) is 15.3. The maximum absolute atomic E-state index is 12.6. The van der Waals surface area contributed by atoms with Crippen molar-refractivity contribution in [3.63, 3.8) is 0 Å². The summed E-state index contributed by atoms with van der Waals surface area (Å²) < 4.78 is 24.8. The van der Waals surface area contributed by atoms with Crippen LogP contribution in [-0.4, -0.2) is 162 Å². The average Bonchev–Trinajstić information content (AvgIpc) is 1.64. The number of ether oxygens (including phenoxy) is 2. The number of hydrogen-bond acceptors (Lipinski definition) is 20. The second kappa shape index (κ2) is 56.4. The molecule has 0 aliphatic rings. The predicted octanol–water partition coefficient (Wildman–Crippen LogP) is 30.6. The van der Waals surface area contributed by atoms with Gasteiger partial charge in [-0.15, -0.1) is 0 Å². The van der Waals surface area contributed by atoms with Crippen LogP contribution in [0, 0.1) is 76.8 Å². The number of aliphatic hydroxyl groups is 1. The van der Waals surface area contributed by atoms with E-state index in [4.69, 9.17) is 24.0 Å². The Labute approximate surface area is 912 Å². The lowest BCUT2D eigenvalue weighted by molar-refractivity contribution is -0.148. The van der Waals surface area contributed by atoms with Crippen molar-refractivity contribution in [2.75, 3.05) is 20.6 Å². The zero-order valence-corrected chi connectivity index (χ0v) is 105. The minimum atomic E-state index is -0.785. The summed E-state index contributed by atoms with van der Waals surface area (Å²) in [7, 11) is 7.95. The van der Waals surface area contributed by atoms with E-state index in [0.29, 0.717) is 47.8 Å². The Morgan fingerprint density at radius 2 is 0.873 bits per heavy atom. The van der Waals surface area contributed by atoms with Crippen LogP contribution < -0.4 is 10.6 Å². The van der Waals surface area contributed by atoms with E-state index in [0.717, 1.165) is 150 Å². The topological polar surface area (TPSA) is 339 Å². The number of rotatable bonds is 29. The van der Waals surface area contributed by atoms with Crippen molar-refractivity contribution in [1.29, 1.82) is 0 Å². The van der Waals surface area contributed by atoms with Crippen molar-refractivity contribution < 1.29 is 62.3 Å². The van der Waals surface area contributed by atoms with Crippen LogP contribution in [0.2, 0.25) is 0 Å². The van der Waals surface area contributed by atoms with Crippen LogP contribution in [0.3, 0.4) is 0 Å². The molecule has 2 aromatic carbocycles. The number of nitrogens with one attached hydrogen (secondary N) is 4. The van der Waals surface area contributed by atoms with Crippen molar-refractivity contribution in [3.05, 3.63) is 111 Å². The van der Waals surface area contributed by atoms with Gasteiger partial charge >= 0.3 is 6.09 Å². The molecule has 0 spiro atoms. The van der Waals surface area contributed by atoms with Crippen molar-refractivity contribution in [1.82, 2.24) is 59.1 Å². The summed E-state index contributed by atoms with van der Waals surface area (Å²) in [5.41, 5.74) is 7.72. The number of benzene rings is 2. The number of carbonyl (C=O) groups is 9. The molecule has 8 aromatic rings. The van der Waals surface area contributed by atoms with Gasteiger partial charge in [0.05, 0.1) is 61.4 Å². The molecule has 25 nitrogen and oxygen atoms in total. The zero-order chi connectivity index (χ0) is 117. The molecule has 850 valence electrons. The van der Waals surface area contributed by atoms with Gasteiger partial charge in [0.15, 0.2) is 52.2 Å². The Bertz CT molecular complexity index is 5340. The smallest absolute Gasteiger partial charge is 0.408 e. The Morgan fingerprint density at radius 1 is 0.447 bits per heavy atom. The molecule has 0 saturated carbocycles. The van der Waals surface area contributed by atoms with Crippen LogP contribution in [0.15, 0.2) is 71.5 Å². The van der Waals surface area contributed by atoms with Crippen molar-refractivity contribution in [3.8, 4) is 23.2 Å². The van der Waals surface area contributed by atoms with E-state index in [1.807, 2.05) is 288 Å². The monoisotopic (exact) mass is 2110 g/mol. The quantitative estimate of drug-likeness (QED) is 0.0272. The van der Waals surface area contributed by atoms with Gasteiger partial charge < -0.3 is 53.7 Å². The molecule has 0 saturated heterocycles. The number of nitrogens with zero attached hydrogens (tertiary/aromatic N) is 8. The third kappa shape index (κ3) is 56.8. The molecule has 3 atom stereocenters. The van der Waals surface area contributed by atoms with Gasteiger partial charge in [-0.1, -0.05) is 289 Å². The lowest BCUT2D eigenvalue weighted by atomic mass is 9.83. The number of aromatic nitrogens is 9. The number of aliphatic hydroxyl groups excluding tert-OH is 1. The average molecular weight is 2110 g/mol. The Balaban J connectivity index is 0.000000867. The fourth-order valence-corrected chi connectivity index (χ4v) is 16.2. The van der Waals surface area contributed by atoms with Gasteiger partial charge in [0, 0.05) is 100 Å². The van der Waals surface area contributed by atoms with Crippen molar-refractivity contribution in [2.45, 2.75) is 464 Å². The largest absolute Gasteiger partial charge is 0.444 e. The first-order valence-corrected chi connectivity index (χ1v) is 55.2. The molecule has 5 N–H and O–H groups in total. The van der Waals surface area contributed by atoms with Crippen LogP contribution in [0.25, 0.3) is 45.2 Å². The summed E-state index contributed by atoms with van der Waals surface area (Å²) in [5, 5.41) is 19.3. The normalized spacial score (nSPS) is 13.4. The van der Waals surface area contributed by atoms with Crippen molar-refractivity contribution in [2.24, 2.45) is 90.9 Å². The second-order valence-electron chi connectivity index (χ2n) is 58.5. The number of aryl methyl sites for hydroxylation is 2. The Kier molecular flexibility index (Phi) is 52.3. The second-order valence-corrected chi connectivity index (χ2v) is 59.3. The van der Waals surface area contributed by atoms with E-state index in [1.54, 1.807) is 6.07 Å². The zero-order valence-electron chi connectivity index (χ0n) is 104. The third-order valence-corrected chi connectivity index (χ3v) is 23.6. The molecule has 8 rings (SSSR count). The number of imidazole rings is 3. The van der Waals surface area contributed by atoms with Gasteiger partial charge in [-0.2, -0.15) is 4.37 Å². The summed E-state index contributed by atoms with van der Waals surface area (Å²) in [4.78, 5) is 132. The van der Waals surface area contributed by atoms with E-state index >= 15 is 0 Å². The van der Waals surface area contributed by atoms with E-state index in [1.165, 1.54) is 17.1 Å². The lowest BCUT2D eigenvalue weighted by Crippen LogP contribution is -2.47. The maximum Gasteiger partial charge on any atom is 0.408 e. The Morgan fingerprint density at radius 3 is 1.27 bits per heavy atom. The number of alkyl carbamates (subject to hydrolysis) is 1. The highest BCUT2D eigenvalue weighted by Crippen LogP contribution is 2.36. The number of hydrogen-bond donors (Lipinski definition) is 5. The number of Topliss-reactive ketones (excluding diaryl/α,β-unsaturated/α-hetero) is 7. The molecule has 6 heterocycles. The number of fused-ring (bicyclic) bond motifs is 2.